The molecule has 0 spiro atoms. The molecular formula is C25H29F3N4O. The molecule has 0 saturated heterocycles. The number of nitrogens with zero attached hydrogens (tertiary/aromatic N) is 3. The number of urea groups is 1. The molecule has 1 N–H and O–H groups in total. The van der Waals surface area contributed by atoms with Crippen molar-refractivity contribution in [3.63, 3.8) is 0 Å². The predicted octanol–water partition coefficient (Wildman–Crippen LogP) is 6.32. The smallest absolute Gasteiger partial charge is 0.337 e. The van der Waals surface area contributed by atoms with Gasteiger partial charge in [0.1, 0.15) is 0 Å². The van der Waals surface area contributed by atoms with Crippen molar-refractivity contribution in [1.82, 2.24) is 14.5 Å². The van der Waals surface area contributed by atoms with Crippen molar-refractivity contribution >= 4 is 11.7 Å². The summed E-state index contributed by atoms with van der Waals surface area (Å²) in [7, 11) is 0. The van der Waals surface area contributed by atoms with Gasteiger partial charge >= 0.3 is 12.2 Å². The van der Waals surface area contributed by atoms with E-state index in [4.69, 9.17) is 0 Å². The third-order valence-electron chi connectivity index (χ3n) is 5.36. The van der Waals surface area contributed by atoms with Crippen LogP contribution in [0.5, 0.6) is 0 Å². The maximum Gasteiger partial charge on any atom is 0.418 e. The van der Waals surface area contributed by atoms with Crippen LogP contribution in [0.3, 0.4) is 0 Å². The van der Waals surface area contributed by atoms with E-state index in [1.807, 2.05) is 35.0 Å². The first-order valence-corrected chi connectivity index (χ1v) is 10.8. The molecule has 2 amide bonds. The van der Waals surface area contributed by atoms with E-state index in [1.165, 1.54) is 28.7 Å². The molecule has 3 rings (SSSR count). The molecule has 0 aliphatic carbocycles. The second-order valence-electron chi connectivity index (χ2n) is 9.00. The summed E-state index contributed by atoms with van der Waals surface area (Å²) in [5.41, 5.74) is 0.956. The lowest BCUT2D eigenvalue weighted by Gasteiger charge is -2.25. The Kier molecular flexibility index (Phi) is 7.46. The van der Waals surface area contributed by atoms with Gasteiger partial charge in [-0.2, -0.15) is 13.2 Å². The van der Waals surface area contributed by atoms with Crippen LogP contribution in [-0.2, 0) is 24.7 Å². The summed E-state index contributed by atoms with van der Waals surface area (Å²) >= 11 is 0. The zero-order valence-electron chi connectivity index (χ0n) is 19.1. The number of imidazole rings is 1. The number of aromatic nitrogens is 2. The number of anilines is 1. The van der Waals surface area contributed by atoms with E-state index in [0.717, 1.165) is 11.6 Å². The maximum atomic E-state index is 13.4. The number of carbonyl (C=O) groups excluding carboxylic acids is 1. The Morgan fingerprint density at radius 1 is 1.06 bits per heavy atom. The van der Waals surface area contributed by atoms with Crippen molar-refractivity contribution in [2.24, 2.45) is 0 Å². The average Bonchev–Trinajstić information content (AvgIpc) is 3.26. The predicted molar refractivity (Wildman–Crippen MR) is 123 cm³/mol. The molecule has 0 radical (unpaired) electrons. The molecule has 5 nitrogen and oxygen atoms in total. The Bertz CT molecular complexity index is 1040. The number of hydrogen-bond acceptors (Lipinski definition) is 2. The van der Waals surface area contributed by atoms with Crippen LogP contribution in [0.4, 0.5) is 23.7 Å². The van der Waals surface area contributed by atoms with Gasteiger partial charge in [-0.15, -0.1) is 0 Å². The van der Waals surface area contributed by atoms with Crippen LogP contribution in [-0.4, -0.2) is 27.0 Å². The largest absolute Gasteiger partial charge is 0.418 e. The van der Waals surface area contributed by atoms with Gasteiger partial charge in [0.15, 0.2) is 0 Å². The molecule has 33 heavy (non-hydrogen) atoms. The number of aryl methyl sites for hydroxylation is 1. The number of amides is 2. The number of alkyl halides is 3. The molecular weight excluding hydrogens is 429 g/mol. The highest BCUT2D eigenvalue weighted by molar-refractivity contribution is 5.90. The number of rotatable bonds is 7. The fraction of sp³-hybridized carbons (Fsp3) is 0.360. The van der Waals surface area contributed by atoms with Crippen molar-refractivity contribution in [2.75, 3.05) is 11.9 Å². The van der Waals surface area contributed by atoms with Gasteiger partial charge in [0.25, 0.3) is 0 Å². The van der Waals surface area contributed by atoms with Crippen LogP contribution in [0, 0.1) is 0 Å². The average molecular weight is 459 g/mol. The Hall–Kier alpha value is -3.29. The highest BCUT2D eigenvalue weighted by atomic mass is 19.4. The molecule has 0 atom stereocenters. The first-order valence-electron chi connectivity index (χ1n) is 10.8. The third-order valence-corrected chi connectivity index (χ3v) is 5.36. The fourth-order valence-corrected chi connectivity index (χ4v) is 3.48. The summed E-state index contributed by atoms with van der Waals surface area (Å²) in [5.74, 6) is 0. The van der Waals surface area contributed by atoms with Crippen molar-refractivity contribution < 1.29 is 18.0 Å². The quantitative estimate of drug-likeness (QED) is 0.450. The minimum Gasteiger partial charge on any atom is -0.337 e. The second-order valence-corrected chi connectivity index (χ2v) is 9.00. The molecule has 0 fully saturated rings. The lowest BCUT2D eigenvalue weighted by Crippen LogP contribution is -2.36. The number of halogens is 3. The van der Waals surface area contributed by atoms with Crippen LogP contribution in [0.2, 0.25) is 0 Å². The van der Waals surface area contributed by atoms with Crippen LogP contribution < -0.4 is 5.32 Å². The fourth-order valence-electron chi connectivity index (χ4n) is 3.48. The van der Waals surface area contributed by atoms with Crippen molar-refractivity contribution in [2.45, 2.75) is 51.9 Å². The molecule has 0 bridgehead atoms. The normalized spacial score (nSPS) is 11.9. The summed E-state index contributed by atoms with van der Waals surface area (Å²) < 4.78 is 42.0. The van der Waals surface area contributed by atoms with Gasteiger partial charge in [-0.05, 0) is 35.1 Å². The van der Waals surface area contributed by atoms with Crippen LogP contribution in [0.1, 0.15) is 43.9 Å². The lowest BCUT2D eigenvalue weighted by molar-refractivity contribution is -0.136. The number of nitrogens with one attached hydrogen (secondary N) is 1. The maximum absolute atomic E-state index is 13.4. The van der Waals surface area contributed by atoms with Crippen molar-refractivity contribution in [3.05, 3.63) is 83.9 Å². The highest BCUT2D eigenvalue weighted by Crippen LogP contribution is 2.34. The number of benzene rings is 2. The first kappa shape index (κ1) is 24.4. The topological polar surface area (TPSA) is 50.2 Å². The van der Waals surface area contributed by atoms with Crippen LogP contribution in [0.15, 0.2) is 67.3 Å². The van der Waals surface area contributed by atoms with Gasteiger partial charge in [0.2, 0.25) is 0 Å². The van der Waals surface area contributed by atoms with Crippen molar-refractivity contribution in [1.29, 1.82) is 0 Å². The lowest BCUT2D eigenvalue weighted by atomic mass is 9.87. The molecule has 8 heteroatoms. The summed E-state index contributed by atoms with van der Waals surface area (Å²) in [5, 5.41) is 2.46. The van der Waals surface area contributed by atoms with E-state index in [2.05, 4.69) is 31.1 Å². The van der Waals surface area contributed by atoms with Gasteiger partial charge in [-0.1, -0.05) is 57.2 Å². The minimum atomic E-state index is -4.56. The molecule has 1 heterocycles. The molecule has 176 valence electrons. The van der Waals surface area contributed by atoms with Gasteiger partial charge in [0.05, 0.1) is 17.6 Å². The van der Waals surface area contributed by atoms with Crippen molar-refractivity contribution in [3.8, 4) is 0 Å². The molecule has 0 aliphatic heterocycles. The minimum absolute atomic E-state index is 0.00168. The van der Waals surface area contributed by atoms with Gasteiger partial charge in [0, 0.05) is 32.0 Å². The van der Waals surface area contributed by atoms with E-state index in [1.54, 1.807) is 12.5 Å². The molecule has 2 aromatic carbocycles. The monoisotopic (exact) mass is 458 g/mol. The molecule has 3 aromatic rings. The number of para-hydroxylation sites is 1. The summed E-state index contributed by atoms with van der Waals surface area (Å²) in [6, 6.07) is 12.4. The highest BCUT2D eigenvalue weighted by Gasteiger charge is 2.34. The van der Waals surface area contributed by atoms with E-state index in [9.17, 15) is 18.0 Å². The Labute approximate surface area is 192 Å². The zero-order valence-corrected chi connectivity index (χ0v) is 19.1. The van der Waals surface area contributed by atoms with Gasteiger partial charge in [-0.25, -0.2) is 9.78 Å². The summed E-state index contributed by atoms with van der Waals surface area (Å²) in [6.07, 6.45) is 1.27. The molecule has 0 aliphatic rings. The second kappa shape index (κ2) is 10.1. The molecule has 0 unspecified atom stereocenters. The number of hydrogen-bond donors (Lipinski definition) is 1. The van der Waals surface area contributed by atoms with Crippen LogP contribution >= 0.6 is 0 Å². The zero-order chi connectivity index (χ0) is 24.1. The van der Waals surface area contributed by atoms with Gasteiger partial charge in [-0.3, -0.25) is 0 Å². The Morgan fingerprint density at radius 3 is 2.36 bits per heavy atom. The third kappa shape index (κ3) is 6.84. The number of carbonyl (C=O) groups is 1. The van der Waals surface area contributed by atoms with E-state index < -0.39 is 17.8 Å². The Balaban J connectivity index is 1.76. The van der Waals surface area contributed by atoms with E-state index >= 15 is 0 Å². The van der Waals surface area contributed by atoms with Gasteiger partial charge < -0.3 is 14.8 Å². The van der Waals surface area contributed by atoms with E-state index in [0.29, 0.717) is 19.5 Å². The van der Waals surface area contributed by atoms with E-state index in [-0.39, 0.29) is 17.6 Å². The SMILES string of the molecule is CC(C)(C)c1ccc(CN(CCCn2ccnc2)C(=O)Nc2ccccc2C(F)(F)F)cc1. The summed E-state index contributed by atoms with van der Waals surface area (Å²) in [4.78, 5) is 18.6. The summed E-state index contributed by atoms with van der Waals surface area (Å²) in [6.45, 7) is 7.67. The Morgan fingerprint density at radius 2 is 1.76 bits per heavy atom. The molecule has 1 aromatic heterocycles. The molecule has 0 saturated carbocycles. The van der Waals surface area contributed by atoms with Crippen LogP contribution in [0.25, 0.3) is 0 Å². The first-order chi connectivity index (χ1) is 15.5. The standard InChI is InChI=1S/C25H29F3N4O/c1-24(2,3)20-11-9-19(10-12-20)17-32(15-6-14-31-16-13-29-18-31)23(33)30-22-8-5-4-7-21(22)25(26,27)28/h4-5,7-13,16,18H,6,14-15,17H2,1-3H3,(H,30,33).